The number of aromatic nitrogens is 3. The van der Waals surface area contributed by atoms with Gasteiger partial charge >= 0.3 is 6.72 Å². The molecule has 0 saturated carbocycles. The summed E-state index contributed by atoms with van der Waals surface area (Å²) >= 11 is 3.60. The Labute approximate surface area is 447 Å². The summed E-state index contributed by atoms with van der Waals surface area (Å²) in [5, 5.41) is 10.3. The molecule has 1 aromatic heterocycles. The van der Waals surface area contributed by atoms with Crippen LogP contribution in [0.4, 0.5) is 0 Å². The first-order valence-corrected chi connectivity index (χ1v) is 33.5. The molecule has 0 spiro atoms. The average Bonchev–Trinajstić information content (AvgIpc) is 3.85. The standard InChI is InChI=1S/3C18H39N.C6H5N3.H3O3PS/c3*1-2-3-4-5-6-7-8-9-10-11-12-13-14-15-16-17-18-19;1-2-4-6-5(3-1)7-9-8-6;1-4(2,3)5/h3*2-19H2,1H3;1-4H,(H,7,8,9);(H3,1,2,3,5). The van der Waals surface area contributed by atoms with Crippen LogP contribution in [0.25, 0.3) is 11.0 Å². The molecule has 2 aromatic rings. The third-order valence-corrected chi connectivity index (χ3v) is 13.4. The maximum absolute atomic E-state index is 7.56. The van der Waals surface area contributed by atoms with Crippen LogP contribution in [0, 0.1) is 0 Å². The zero-order valence-electron chi connectivity index (χ0n) is 47.7. The van der Waals surface area contributed by atoms with Crippen LogP contribution in [-0.2, 0) is 11.8 Å². The maximum atomic E-state index is 7.56. The monoisotopic (exact) mass is 1040 g/mol. The van der Waals surface area contributed by atoms with Gasteiger partial charge in [-0.2, -0.15) is 15.4 Å². The van der Waals surface area contributed by atoms with Crippen molar-refractivity contribution in [1.82, 2.24) is 15.4 Å². The maximum Gasteiger partial charge on any atom is 0.319 e. The third-order valence-electron chi connectivity index (χ3n) is 13.4. The second-order valence-corrected chi connectivity index (χ2v) is 23.1. The lowest BCUT2D eigenvalue weighted by Gasteiger charge is -2.03. The summed E-state index contributed by atoms with van der Waals surface area (Å²) in [4.78, 5) is 22.7. The smallest absolute Gasteiger partial charge is 0.319 e. The second kappa shape index (κ2) is 67.0. The Morgan fingerprint density at radius 3 is 0.606 bits per heavy atom. The van der Waals surface area contributed by atoms with Gasteiger partial charge in [0.15, 0.2) is 0 Å². The van der Waals surface area contributed by atoms with E-state index >= 15 is 0 Å². The number of H-pyrrole nitrogens is 1. The van der Waals surface area contributed by atoms with Gasteiger partial charge in [-0.15, -0.1) is 0 Å². The summed E-state index contributed by atoms with van der Waals surface area (Å²) in [5.74, 6) is 0. The second-order valence-electron chi connectivity index (χ2n) is 20.6. The van der Waals surface area contributed by atoms with Gasteiger partial charge in [0.1, 0.15) is 11.0 Å². The van der Waals surface area contributed by atoms with Crippen molar-refractivity contribution < 1.29 is 14.7 Å². The molecule has 1 aromatic carbocycles. The van der Waals surface area contributed by atoms with E-state index in [1.807, 2.05) is 24.3 Å². The third kappa shape index (κ3) is 75.7. The highest BCUT2D eigenvalue weighted by Gasteiger charge is 1.98. The Morgan fingerprint density at radius 2 is 0.465 bits per heavy atom. The highest BCUT2D eigenvalue weighted by Crippen LogP contribution is 2.26. The summed E-state index contributed by atoms with van der Waals surface area (Å²) in [6.07, 6.45) is 68.6. The summed E-state index contributed by atoms with van der Waals surface area (Å²) in [5.41, 5.74) is 18.3. The Bertz CT molecular complexity index is 1090. The van der Waals surface area contributed by atoms with Crippen molar-refractivity contribution in [2.75, 3.05) is 19.6 Å². The molecule has 1 heterocycles. The van der Waals surface area contributed by atoms with Crippen LogP contribution in [0.3, 0.4) is 0 Å². The van der Waals surface area contributed by atoms with E-state index in [2.05, 4.69) is 48.0 Å². The molecule has 10 N–H and O–H groups in total. The van der Waals surface area contributed by atoms with Crippen molar-refractivity contribution >= 4 is 29.6 Å². The molecule has 0 fully saturated rings. The van der Waals surface area contributed by atoms with E-state index in [4.69, 9.17) is 31.9 Å². The topological polar surface area (TPSA) is 180 Å². The van der Waals surface area contributed by atoms with E-state index in [9.17, 15) is 0 Å². The van der Waals surface area contributed by atoms with Gasteiger partial charge in [0.05, 0.1) is 0 Å². The normalized spacial score (nSPS) is 11.0. The van der Waals surface area contributed by atoms with Crippen LogP contribution in [-0.4, -0.2) is 49.7 Å². The fourth-order valence-corrected chi connectivity index (χ4v) is 8.86. The van der Waals surface area contributed by atoms with E-state index in [1.54, 1.807) is 0 Å². The Morgan fingerprint density at radius 1 is 0.324 bits per heavy atom. The minimum absolute atomic E-state index is 0.873. The number of benzene rings is 1. The largest absolute Gasteiger partial charge is 0.330 e. The van der Waals surface area contributed by atoms with Gasteiger partial charge in [0, 0.05) is 0 Å². The van der Waals surface area contributed by atoms with Gasteiger partial charge in [-0.3, -0.25) is 0 Å². The van der Waals surface area contributed by atoms with Crippen molar-refractivity contribution in [2.45, 2.75) is 329 Å². The molecule has 0 atom stereocenters. The van der Waals surface area contributed by atoms with Crippen molar-refractivity contribution in [3.63, 3.8) is 0 Å². The number of hydrogen-bond acceptors (Lipinski definition) is 6. The summed E-state index contributed by atoms with van der Waals surface area (Å²) in [7, 11) is 0. The number of fused-ring (bicyclic) bond motifs is 1. The van der Waals surface area contributed by atoms with Crippen LogP contribution in [0.1, 0.15) is 329 Å². The van der Waals surface area contributed by atoms with E-state index in [-0.39, 0.29) is 0 Å². The Hall–Kier alpha value is -0.970. The van der Waals surface area contributed by atoms with Crippen molar-refractivity contribution in [3.8, 4) is 0 Å². The highest BCUT2D eigenvalue weighted by molar-refractivity contribution is 8.06. The minimum atomic E-state index is -3.81. The van der Waals surface area contributed by atoms with Gasteiger partial charge in [0.25, 0.3) is 0 Å². The average molecular weight is 1040 g/mol. The number of rotatable bonds is 48. The molecule has 71 heavy (non-hydrogen) atoms. The number of hydrogen-bond donors (Lipinski definition) is 7. The molecule has 0 bridgehead atoms. The molecule has 9 nitrogen and oxygen atoms in total. The summed E-state index contributed by atoms with van der Waals surface area (Å²) in [6, 6.07) is 7.70. The first-order chi connectivity index (χ1) is 34.7. The first-order valence-electron chi connectivity index (χ1n) is 30.9. The van der Waals surface area contributed by atoms with Gasteiger partial charge in [-0.25, -0.2) is 0 Å². The van der Waals surface area contributed by atoms with Crippen molar-refractivity contribution in [2.24, 2.45) is 17.2 Å². The van der Waals surface area contributed by atoms with E-state index < -0.39 is 6.72 Å². The van der Waals surface area contributed by atoms with Gasteiger partial charge in [0.2, 0.25) is 0 Å². The first kappa shape index (κ1) is 74.3. The van der Waals surface area contributed by atoms with Gasteiger partial charge in [-0.05, 0) is 62.8 Å². The fraction of sp³-hybridized carbons (Fsp3) is 0.900. The summed E-state index contributed by atoms with van der Waals surface area (Å²) < 4.78 is 0. The molecule has 2 rings (SSSR count). The SMILES string of the molecule is CCCCCCCCCCCCCCCCCCN.CCCCCCCCCCCCCCCCCCN.CCCCCCCCCCCCCCCCCCN.OP(O)(O)=S.c1ccc2n[nH]nc2c1. The number of aromatic amines is 1. The van der Waals surface area contributed by atoms with Gasteiger partial charge in [-0.1, -0.05) is 322 Å². The number of nitrogens with zero attached hydrogens (tertiary/aromatic N) is 2. The van der Waals surface area contributed by atoms with Crippen LogP contribution < -0.4 is 17.2 Å². The molecular formula is C60H125N6O3PS. The number of nitrogens with two attached hydrogens (primary N) is 3. The molecule has 0 unspecified atom stereocenters. The van der Waals surface area contributed by atoms with E-state index in [0.717, 1.165) is 30.7 Å². The lowest BCUT2D eigenvalue weighted by Crippen LogP contribution is -1.97. The number of unbranched alkanes of at least 4 members (excludes halogenated alkanes) is 45. The molecule has 0 radical (unpaired) electrons. The molecular weight excluding hydrogens is 916 g/mol. The molecule has 0 amide bonds. The molecule has 424 valence electrons. The van der Waals surface area contributed by atoms with E-state index in [1.165, 1.54) is 308 Å². The highest BCUT2D eigenvalue weighted by atomic mass is 32.5. The van der Waals surface area contributed by atoms with Crippen LogP contribution >= 0.6 is 6.72 Å². The van der Waals surface area contributed by atoms with Gasteiger partial charge < -0.3 is 31.9 Å². The minimum Gasteiger partial charge on any atom is -0.330 e. The molecule has 0 aliphatic heterocycles. The number of para-hydroxylation sites is 2. The zero-order chi connectivity index (χ0) is 52.7. The van der Waals surface area contributed by atoms with Crippen LogP contribution in [0.2, 0.25) is 0 Å². The lowest BCUT2D eigenvalue weighted by atomic mass is 10.0. The predicted octanol–water partition coefficient (Wildman–Crippen LogP) is 18.8. The predicted molar refractivity (Wildman–Crippen MR) is 321 cm³/mol. The quantitative estimate of drug-likeness (QED) is 0.0251. The molecule has 0 saturated heterocycles. The molecule has 11 heteroatoms. The zero-order valence-corrected chi connectivity index (χ0v) is 49.4. The number of nitrogens with one attached hydrogen (secondary N) is 1. The molecule has 0 aliphatic carbocycles. The van der Waals surface area contributed by atoms with Crippen molar-refractivity contribution in [1.29, 1.82) is 0 Å². The molecule has 0 aliphatic rings. The van der Waals surface area contributed by atoms with Crippen LogP contribution in [0.15, 0.2) is 24.3 Å². The van der Waals surface area contributed by atoms with Crippen LogP contribution in [0.5, 0.6) is 0 Å². The Balaban J connectivity index is -0.000000857. The van der Waals surface area contributed by atoms with E-state index in [0.29, 0.717) is 0 Å². The van der Waals surface area contributed by atoms with Crippen molar-refractivity contribution in [3.05, 3.63) is 24.3 Å². The Kier molecular flexibility index (Phi) is 70.1. The lowest BCUT2D eigenvalue weighted by molar-refractivity contribution is 0.363. The summed E-state index contributed by atoms with van der Waals surface area (Å²) in [6.45, 7) is 5.68. The fourth-order valence-electron chi connectivity index (χ4n) is 8.86.